The van der Waals surface area contributed by atoms with Gasteiger partial charge in [-0.05, 0) is 47.7 Å². The largest absolute Gasteiger partial charge is 0.454 e. The highest BCUT2D eigenvalue weighted by Gasteiger charge is 2.44. The van der Waals surface area contributed by atoms with Crippen molar-refractivity contribution in [2.45, 2.75) is 39.0 Å². The zero-order chi connectivity index (χ0) is 21.9. The Kier molecular flexibility index (Phi) is 4.79. The van der Waals surface area contributed by atoms with Crippen LogP contribution in [0.2, 0.25) is 10.0 Å². The Morgan fingerprint density at radius 1 is 0.968 bits per heavy atom. The summed E-state index contributed by atoms with van der Waals surface area (Å²) in [5.74, 6) is 0.993. The Morgan fingerprint density at radius 3 is 2.52 bits per heavy atom. The van der Waals surface area contributed by atoms with E-state index < -0.39 is 0 Å². The summed E-state index contributed by atoms with van der Waals surface area (Å²) in [6.45, 7) is 4.28. The monoisotopic (exact) mass is 457 g/mol. The average Bonchev–Trinajstić information content (AvgIpc) is 3.16. The maximum Gasteiger partial charge on any atom is 0.232 e. The van der Waals surface area contributed by atoms with E-state index in [4.69, 9.17) is 32.7 Å². The minimum Gasteiger partial charge on any atom is -0.454 e. The normalized spacial score (nSPS) is 22.1. The van der Waals surface area contributed by atoms with Gasteiger partial charge in [0.15, 0.2) is 17.3 Å². The van der Waals surface area contributed by atoms with E-state index in [9.17, 15) is 9.59 Å². The number of halogens is 2. The van der Waals surface area contributed by atoms with Crippen LogP contribution in [0.15, 0.2) is 47.7 Å². The summed E-state index contributed by atoms with van der Waals surface area (Å²) in [5.41, 5.74) is 2.71. The molecular weight excluding hydrogens is 437 g/mol. The van der Waals surface area contributed by atoms with Gasteiger partial charge in [0, 0.05) is 30.0 Å². The summed E-state index contributed by atoms with van der Waals surface area (Å²) < 4.78 is 10.9. The van der Waals surface area contributed by atoms with Gasteiger partial charge in [-0.2, -0.15) is 0 Å². The summed E-state index contributed by atoms with van der Waals surface area (Å²) in [6.07, 6.45) is 1.24. The number of carbonyl (C=O) groups excluding carboxylic acids is 2. The first-order chi connectivity index (χ1) is 14.7. The van der Waals surface area contributed by atoms with E-state index in [2.05, 4.69) is 13.8 Å². The number of benzene rings is 2. The van der Waals surface area contributed by atoms with E-state index in [0.717, 1.165) is 11.3 Å². The van der Waals surface area contributed by atoms with Crippen LogP contribution in [0.3, 0.4) is 0 Å². The first kappa shape index (κ1) is 20.4. The standard InChI is InChI=1S/C24H21Cl2NO4/c1-24(2)10-18-23(19(28)11-24)15(13-3-6-20-21(7-13)31-12-30-20)9-22(29)27(18)14-4-5-16(25)17(26)8-14/h3-8,15H,9-12H2,1-2H3. The Labute approximate surface area is 190 Å². The second kappa shape index (κ2) is 7.28. The molecule has 2 heterocycles. The summed E-state index contributed by atoms with van der Waals surface area (Å²) in [6, 6.07) is 10.8. The molecule has 0 fully saturated rings. The molecule has 2 aromatic carbocycles. The second-order valence-electron chi connectivity index (χ2n) is 9.00. The first-order valence-electron chi connectivity index (χ1n) is 10.2. The summed E-state index contributed by atoms with van der Waals surface area (Å²) >= 11 is 12.3. The van der Waals surface area contributed by atoms with Gasteiger partial charge < -0.3 is 9.47 Å². The molecule has 160 valence electrons. The number of ketones is 1. The predicted octanol–water partition coefficient (Wildman–Crippen LogP) is 5.89. The van der Waals surface area contributed by atoms with Gasteiger partial charge >= 0.3 is 0 Å². The summed E-state index contributed by atoms with van der Waals surface area (Å²) in [4.78, 5) is 28.4. The van der Waals surface area contributed by atoms with Crippen LogP contribution in [0, 0.1) is 5.41 Å². The molecule has 0 bridgehead atoms. The molecule has 1 atom stereocenters. The van der Waals surface area contributed by atoms with Crippen LogP contribution in [-0.4, -0.2) is 18.5 Å². The highest BCUT2D eigenvalue weighted by molar-refractivity contribution is 6.42. The number of carbonyl (C=O) groups is 2. The molecular formula is C24H21Cl2NO4. The third-order valence-corrected chi connectivity index (χ3v) is 6.84. The van der Waals surface area contributed by atoms with Gasteiger partial charge in [0.25, 0.3) is 0 Å². The minimum absolute atomic E-state index is 0.0754. The molecule has 5 rings (SSSR count). The molecule has 0 aromatic heterocycles. The number of ether oxygens (including phenoxy) is 2. The van der Waals surface area contributed by atoms with Crippen molar-refractivity contribution in [2.75, 3.05) is 11.7 Å². The molecule has 2 aliphatic heterocycles. The topological polar surface area (TPSA) is 55.8 Å². The fraction of sp³-hybridized carbons (Fsp3) is 0.333. The van der Waals surface area contributed by atoms with E-state index in [1.807, 2.05) is 18.2 Å². The lowest BCUT2D eigenvalue weighted by molar-refractivity contribution is -0.121. The van der Waals surface area contributed by atoms with Crippen LogP contribution in [0.1, 0.15) is 44.6 Å². The Balaban J connectivity index is 1.66. The lowest BCUT2D eigenvalue weighted by Crippen LogP contribution is -2.43. The number of hydrogen-bond donors (Lipinski definition) is 0. The molecule has 1 unspecified atom stereocenters. The molecule has 31 heavy (non-hydrogen) atoms. The van der Waals surface area contributed by atoms with Crippen LogP contribution < -0.4 is 14.4 Å². The molecule has 1 aliphatic carbocycles. The van der Waals surface area contributed by atoms with Crippen molar-refractivity contribution in [3.63, 3.8) is 0 Å². The van der Waals surface area contributed by atoms with Gasteiger partial charge in [-0.25, -0.2) is 0 Å². The zero-order valence-electron chi connectivity index (χ0n) is 17.2. The number of fused-ring (bicyclic) bond motifs is 1. The molecule has 0 radical (unpaired) electrons. The number of amides is 1. The van der Waals surface area contributed by atoms with E-state index in [0.29, 0.717) is 45.6 Å². The number of hydrogen-bond acceptors (Lipinski definition) is 4. The minimum atomic E-state index is -0.320. The molecule has 3 aliphatic rings. The predicted molar refractivity (Wildman–Crippen MR) is 119 cm³/mol. The number of anilines is 1. The van der Waals surface area contributed by atoms with Crippen LogP contribution in [0.5, 0.6) is 11.5 Å². The Hall–Kier alpha value is -2.50. The van der Waals surface area contributed by atoms with Gasteiger partial charge in [-0.1, -0.05) is 43.1 Å². The number of Topliss-reactive ketones (excluding diaryl/α,β-unsaturated/α-hetero) is 1. The molecule has 2 aromatic rings. The highest BCUT2D eigenvalue weighted by atomic mass is 35.5. The average molecular weight is 458 g/mol. The van der Waals surface area contributed by atoms with Gasteiger partial charge in [-0.3, -0.25) is 14.5 Å². The van der Waals surface area contributed by atoms with Crippen molar-refractivity contribution in [1.29, 1.82) is 0 Å². The Bertz CT molecular complexity index is 1150. The van der Waals surface area contributed by atoms with Crippen LogP contribution in [0.4, 0.5) is 5.69 Å². The molecule has 0 saturated carbocycles. The number of allylic oxidation sites excluding steroid dienone is 2. The van der Waals surface area contributed by atoms with E-state index in [1.165, 1.54) is 0 Å². The maximum atomic E-state index is 13.4. The molecule has 0 saturated heterocycles. The van der Waals surface area contributed by atoms with Gasteiger partial charge in [0.1, 0.15) is 0 Å². The van der Waals surface area contributed by atoms with Crippen LogP contribution in [0.25, 0.3) is 0 Å². The van der Waals surface area contributed by atoms with Crippen LogP contribution in [-0.2, 0) is 9.59 Å². The van der Waals surface area contributed by atoms with Crippen molar-refractivity contribution < 1.29 is 19.1 Å². The fourth-order valence-electron chi connectivity index (χ4n) is 4.75. The quantitative estimate of drug-likeness (QED) is 0.564. The summed E-state index contributed by atoms with van der Waals surface area (Å²) in [7, 11) is 0. The van der Waals surface area contributed by atoms with Gasteiger partial charge in [-0.15, -0.1) is 0 Å². The molecule has 7 heteroatoms. The number of nitrogens with zero attached hydrogens (tertiary/aromatic N) is 1. The van der Waals surface area contributed by atoms with Crippen molar-refractivity contribution in [2.24, 2.45) is 5.41 Å². The SMILES string of the molecule is CC1(C)CC(=O)C2=C(C1)N(c1ccc(Cl)c(Cl)c1)C(=O)CC2c1ccc2c(c1)OCO2. The highest BCUT2D eigenvalue weighted by Crippen LogP contribution is 2.49. The van der Waals surface area contributed by atoms with E-state index >= 15 is 0 Å². The molecule has 1 amide bonds. The van der Waals surface area contributed by atoms with Crippen molar-refractivity contribution in [3.8, 4) is 11.5 Å². The lowest BCUT2D eigenvalue weighted by Gasteiger charge is -2.43. The lowest BCUT2D eigenvalue weighted by atomic mass is 9.69. The van der Waals surface area contributed by atoms with Gasteiger partial charge in [0.05, 0.1) is 15.7 Å². The fourth-order valence-corrected chi connectivity index (χ4v) is 5.05. The van der Waals surface area contributed by atoms with E-state index in [1.54, 1.807) is 23.1 Å². The van der Waals surface area contributed by atoms with Crippen molar-refractivity contribution >= 4 is 40.6 Å². The smallest absolute Gasteiger partial charge is 0.232 e. The third-order valence-electron chi connectivity index (χ3n) is 6.10. The van der Waals surface area contributed by atoms with Gasteiger partial charge in [0.2, 0.25) is 12.7 Å². The summed E-state index contributed by atoms with van der Waals surface area (Å²) in [5, 5.41) is 0.788. The first-order valence-corrected chi connectivity index (χ1v) is 10.9. The molecule has 5 nitrogen and oxygen atoms in total. The van der Waals surface area contributed by atoms with Crippen molar-refractivity contribution in [1.82, 2.24) is 0 Å². The zero-order valence-corrected chi connectivity index (χ0v) is 18.7. The van der Waals surface area contributed by atoms with E-state index in [-0.39, 0.29) is 36.2 Å². The second-order valence-corrected chi connectivity index (χ2v) is 9.81. The maximum absolute atomic E-state index is 13.4. The van der Waals surface area contributed by atoms with Crippen molar-refractivity contribution in [3.05, 3.63) is 63.3 Å². The molecule has 0 spiro atoms. The van der Waals surface area contributed by atoms with Crippen LogP contribution >= 0.6 is 23.2 Å². The third kappa shape index (κ3) is 3.50. The number of rotatable bonds is 2. The Morgan fingerprint density at radius 2 is 1.74 bits per heavy atom. The molecule has 0 N–H and O–H groups in total.